The Bertz CT molecular complexity index is 269. The first-order valence-electron chi connectivity index (χ1n) is 3.28. The predicted molar refractivity (Wildman–Crippen MR) is 44.5 cm³/mol. The summed E-state index contributed by atoms with van der Waals surface area (Å²) in [6, 6.07) is 4.40. The lowest BCUT2D eigenvalue weighted by Gasteiger charge is -2.01. The average molecular weight is 150 g/mol. The summed E-state index contributed by atoms with van der Waals surface area (Å²) in [4.78, 5) is 0. The standard InChI is InChI=1S/C9H10O2/c1-6(2)7-3-8(10)5-9(11)4-7/h3-5,10-11H,1H2,2H3. The second-order valence-corrected chi connectivity index (χ2v) is 2.52. The fourth-order valence-corrected chi connectivity index (χ4v) is 0.842. The molecule has 2 N–H and O–H groups in total. The molecule has 58 valence electrons. The fraction of sp³-hybridized carbons (Fsp3) is 0.111. The molecule has 2 heteroatoms. The van der Waals surface area contributed by atoms with Crippen molar-refractivity contribution >= 4 is 5.57 Å². The Labute approximate surface area is 65.4 Å². The third-order valence-electron chi connectivity index (χ3n) is 1.40. The number of allylic oxidation sites excluding steroid dienone is 1. The van der Waals surface area contributed by atoms with Crippen molar-refractivity contribution in [3.8, 4) is 11.5 Å². The lowest BCUT2D eigenvalue weighted by molar-refractivity contribution is 0.450. The molecule has 0 fully saturated rings. The Hall–Kier alpha value is -1.44. The van der Waals surface area contributed by atoms with Gasteiger partial charge in [0, 0.05) is 6.07 Å². The largest absolute Gasteiger partial charge is 0.508 e. The number of phenolic OH excluding ortho intramolecular Hbond substituents is 2. The summed E-state index contributed by atoms with van der Waals surface area (Å²) in [6.45, 7) is 5.50. The smallest absolute Gasteiger partial charge is 0.119 e. The van der Waals surface area contributed by atoms with Crippen LogP contribution < -0.4 is 0 Å². The van der Waals surface area contributed by atoms with Gasteiger partial charge in [-0.15, -0.1) is 0 Å². The van der Waals surface area contributed by atoms with Gasteiger partial charge < -0.3 is 10.2 Å². The Morgan fingerprint density at radius 3 is 2.00 bits per heavy atom. The Morgan fingerprint density at radius 1 is 1.18 bits per heavy atom. The highest BCUT2D eigenvalue weighted by molar-refractivity contribution is 5.64. The molecule has 1 aromatic carbocycles. The normalized spacial score (nSPS) is 9.55. The molecule has 1 aromatic rings. The minimum absolute atomic E-state index is 0.0583. The Balaban J connectivity index is 3.19. The van der Waals surface area contributed by atoms with E-state index in [9.17, 15) is 0 Å². The van der Waals surface area contributed by atoms with E-state index in [4.69, 9.17) is 10.2 Å². The van der Waals surface area contributed by atoms with Gasteiger partial charge in [0.05, 0.1) is 0 Å². The minimum Gasteiger partial charge on any atom is -0.508 e. The molecular formula is C9H10O2. The van der Waals surface area contributed by atoms with Crippen LogP contribution in [0, 0.1) is 0 Å². The highest BCUT2D eigenvalue weighted by atomic mass is 16.3. The SMILES string of the molecule is C=C(C)c1cc(O)cc(O)c1. The fourth-order valence-electron chi connectivity index (χ4n) is 0.842. The van der Waals surface area contributed by atoms with Gasteiger partial charge in [0.15, 0.2) is 0 Å². The molecule has 2 nitrogen and oxygen atoms in total. The van der Waals surface area contributed by atoms with Gasteiger partial charge in [0.25, 0.3) is 0 Å². The molecule has 0 saturated heterocycles. The monoisotopic (exact) mass is 150 g/mol. The maximum Gasteiger partial charge on any atom is 0.119 e. The molecule has 0 radical (unpaired) electrons. The molecular weight excluding hydrogens is 140 g/mol. The van der Waals surface area contributed by atoms with Crippen LogP contribution >= 0.6 is 0 Å². The zero-order chi connectivity index (χ0) is 8.43. The molecule has 0 atom stereocenters. The first-order valence-corrected chi connectivity index (χ1v) is 3.28. The summed E-state index contributed by atoms with van der Waals surface area (Å²) in [5, 5.41) is 18.1. The third kappa shape index (κ3) is 1.74. The van der Waals surface area contributed by atoms with E-state index < -0.39 is 0 Å². The van der Waals surface area contributed by atoms with Crippen molar-refractivity contribution in [1.82, 2.24) is 0 Å². The van der Waals surface area contributed by atoms with Gasteiger partial charge in [-0.25, -0.2) is 0 Å². The lowest BCUT2D eigenvalue weighted by atomic mass is 10.1. The minimum atomic E-state index is 0.0583. The Morgan fingerprint density at radius 2 is 1.64 bits per heavy atom. The number of phenols is 2. The molecule has 0 saturated carbocycles. The summed E-state index contributed by atoms with van der Waals surface area (Å²) in [7, 11) is 0. The molecule has 0 aliphatic heterocycles. The molecule has 0 amide bonds. The summed E-state index contributed by atoms with van der Waals surface area (Å²) < 4.78 is 0. The van der Waals surface area contributed by atoms with Crippen LogP contribution in [0.5, 0.6) is 11.5 Å². The van der Waals surface area contributed by atoms with E-state index in [1.807, 2.05) is 6.92 Å². The molecule has 1 rings (SSSR count). The lowest BCUT2D eigenvalue weighted by Crippen LogP contribution is -1.76. The van der Waals surface area contributed by atoms with Crippen LogP contribution in [0.4, 0.5) is 0 Å². The maximum atomic E-state index is 9.04. The molecule has 0 heterocycles. The zero-order valence-corrected chi connectivity index (χ0v) is 6.33. The van der Waals surface area contributed by atoms with E-state index in [0.717, 1.165) is 11.1 Å². The van der Waals surface area contributed by atoms with E-state index in [1.54, 1.807) is 12.1 Å². The van der Waals surface area contributed by atoms with Crippen molar-refractivity contribution < 1.29 is 10.2 Å². The highest BCUT2D eigenvalue weighted by Gasteiger charge is 1.98. The molecule has 0 aliphatic carbocycles. The van der Waals surface area contributed by atoms with E-state index in [1.165, 1.54) is 6.07 Å². The molecule has 0 aliphatic rings. The second-order valence-electron chi connectivity index (χ2n) is 2.52. The third-order valence-corrected chi connectivity index (χ3v) is 1.40. The number of hydrogen-bond donors (Lipinski definition) is 2. The average Bonchev–Trinajstić information content (AvgIpc) is 1.85. The number of hydrogen-bond acceptors (Lipinski definition) is 2. The van der Waals surface area contributed by atoms with Crippen LogP contribution in [-0.4, -0.2) is 10.2 Å². The maximum absolute atomic E-state index is 9.04. The summed E-state index contributed by atoms with van der Waals surface area (Å²) in [6.07, 6.45) is 0. The molecule has 0 spiro atoms. The number of aromatic hydroxyl groups is 2. The van der Waals surface area contributed by atoms with Crippen molar-refractivity contribution in [3.63, 3.8) is 0 Å². The molecule has 0 aromatic heterocycles. The number of rotatable bonds is 1. The topological polar surface area (TPSA) is 40.5 Å². The van der Waals surface area contributed by atoms with E-state index in [2.05, 4.69) is 6.58 Å². The van der Waals surface area contributed by atoms with E-state index in [0.29, 0.717) is 0 Å². The van der Waals surface area contributed by atoms with Gasteiger partial charge in [-0.05, 0) is 24.6 Å². The summed E-state index contributed by atoms with van der Waals surface area (Å²) >= 11 is 0. The van der Waals surface area contributed by atoms with E-state index in [-0.39, 0.29) is 11.5 Å². The first kappa shape index (κ1) is 7.66. The first-order chi connectivity index (χ1) is 5.09. The summed E-state index contributed by atoms with van der Waals surface area (Å²) in [5.41, 5.74) is 1.57. The number of benzene rings is 1. The van der Waals surface area contributed by atoms with Crippen LogP contribution in [0.1, 0.15) is 12.5 Å². The van der Waals surface area contributed by atoms with Crippen LogP contribution in [0.2, 0.25) is 0 Å². The molecule has 0 bridgehead atoms. The molecule has 11 heavy (non-hydrogen) atoms. The molecule has 0 unspecified atom stereocenters. The van der Waals surface area contributed by atoms with Crippen molar-refractivity contribution in [2.24, 2.45) is 0 Å². The van der Waals surface area contributed by atoms with E-state index >= 15 is 0 Å². The van der Waals surface area contributed by atoms with Gasteiger partial charge in [0.1, 0.15) is 11.5 Å². The van der Waals surface area contributed by atoms with Crippen molar-refractivity contribution in [2.45, 2.75) is 6.92 Å². The van der Waals surface area contributed by atoms with Gasteiger partial charge in [-0.1, -0.05) is 12.2 Å². The summed E-state index contributed by atoms with van der Waals surface area (Å²) in [5.74, 6) is 0.117. The van der Waals surface area contributed by atoms with Crippen LogP contribution in [0.3, 0.4) is 0 Å². The Kier molecular flexibility index (Phi) is 1.85. The van der Waals surface area contributed by atoms with Crippen molar-refractivity contribution in [3.05, 3.63) is 30.3 Å². The second kappa shape index (κ2) is 2.66. The van der Waals surface area contributed by atoms with Gasteiger partial charge >= 0.3 is 0 Å². The highest BCUT2D eigenvalue weighted by Crippen LogP contribution is 2.23. The van der Waals surface area contributed by atoms with Gasteiger partial charge in [-0.3, -0.25) is 0 Å². The van der Waals surface area contributed by atoms with Crippen molar-refractivity contribution in [2.75, 3.05) is 0 Å². The zero-order valence-electron chi connectivity index (χ0n) is 6.33. The quantitative estimate of drug-likeness (QED) is 0.643. The van der Waals surface area contributed by atoms with Gasteiger partial charge in [-0.2, -0.15) is 0 Å². The van der Waals surface area contributed by atoms with Crippen LogP contribution in [0.25, 0.3) is 5.57 Å². The van der Waals surface area contributed by atoms with Crippen molar-refractivity contribution in [1.29, 1.82) is 0 Å². The van der Waals surface area contributed by atoms with Crippen LogP contribution in [0.15, 0.2) is 24.8 Å². The predicted octanol–water partition coefficient (Wildman–Crippen LogP) is 2.13. The van der Waals surface area contributed by atoms with Crippen LogP contribution in [-0.2, 0) is 0 Å². The van der Waals surface area contributed by atoms with Gasteiger partial charge in [0.2, 0.25) is 0 Å².